The average Bonchev–Trinajstić information content (AvgIpc) is 2.40. The lowest BCUT2D eigenvalue weighted by molar-refractivity contribution is 0.281. The standard InChI is InChI=1S/C14H15NO2/c15-9-12-2-1-3-14(8-12)17-13-6-4-11(10-16)5-7-13/h1-8,16H,9-10,15H2. The zero-order valence-electron chi connectivity index (χ0n) is 9.47. The summed E-state index contributed by atoms with van der Waals surface area (Å²) in [4.78, 5) is 0. The normalized spacial score (nSPS) is 10.2. The van der Waals surface area contributed by atoms with E-state index in [4.69, 9.17) is 15.6 Å². The van der Waals surface area contributed by atoms with Crippen LogP contribution in [0.1, 0.15) is 11.1 Å². The molecule has 0 bridgehead atoms. The maximum atomic E-state index is 8.93. The molecule has 0 aliphatic carbocycles. The van der Waals surface area contributed by atoms with Crippen molar-refractivity contribution >= 4 is 0 Å². The first kappa shape index (κ1) is 11.6. The Morgan fingerprint density at radius 2 is 1.71 bits per heavy atom. The summed E-state index contributed by atoms with van der Waals surface area (Å²) in [5.41, 5.74) is 7.47. The van der Waals surface area contributed by atoms with Gasteiger partial charge >= 0.3 is 0 Å². The molecule has 0 unspecified atom stereocenters. The lowest BCUT2D eigenvalue weighted by Gasteiger charge is -2.07. The van der Waals surface area contributed by atoms with Crippen LogP contribution in [-0.2, 0) is 13.2 Å². The van der Waals surface area contributed by atoms with Crippen LogP contribution in [0.4, 0.5) is 0 Å². The largest absolute Gasteiger partial charge is 0.457 e. The fourth-order valence-electron chi connectivity index (χ4n) is 1.53. The molecule has 0 aromatic heterocycles. The summed E-state index contributed by atoms with van der Waals surface area (Å²) in [6.07, 6.45) is 0. The topological polar surface area (TPSA) is 55.5 Å². The van der Waals surface area contributed by atoms with Crippen LogP contribution >= 0.6 is 0 Å². The number of hydrogen-bond donors (Lipinski definition) is 2. The molecule has 0 aliphatic heterocycles. The van der Waals surface area contributed by atoms with Gasteiger partial charge in [0.05, 0.1) is 6.61 Å². The number of aliphatic hydroxyl groups is 1. The van der Waals surface area contributed by atoms with E-state index in [0.29, 0.717) is 6.54 Å². The first-order valence-corrected chi connectivity index (χ1v) is 5.48. The summed E-state index contributed by atoms with van der Waals surface area (Å²) in [5.74, 6) is 1.51. The van der Waals surface area contributed by atoms with Crippen LogP contribution in [0.2, 0.25) is 0 Å². The van der Waals surface area contributed by atoms with Gasteiger partial charge in [0.2, 0.25) is 0 Å². The second kappa shape index (κ2) is 5.48. The zero-order valence-corrected chi connectivity index (χ0v) is 9.47. The number of aliphatic hydroxyl groups excluding tert-OH is 1. The van der Waals surface area contributed by atoms with E-state index in [9.17, 15) is 0 Å². The van der Waals surface area contributed by atoms with Crippen molar-refractivity contribution in [2.75, 3.05) is 0 Å². The van der Waals surface area contributed by atoms with Gasteiger partial charge in [0, 0.05) is 6.54 Å². The van der Waals surface area contributed by atoms with Crippen molar-refractivity contribution in [3.63, 3.8) is 0 Å². The van der Waals surface area contributed by atoms with E-state index < -0.39 is 0 Å². The number of ether oxygens (including phenoxy) is 1. The Bertz CT molecular complexity index is 480. The lowest BCUT2D eigenvalue weighted by atomic mass is 10.2. The van der Waals surface area contributed by atoms with Gasteiger partial charge in [0.25, 0.3) is 0 Å². The van der Waals surface area contributed by atoms with Gasteiger partial charge in [0.15, 0.2) is 0 Å². The Labute approximate surface area is 100 Å². The van der Waals surface area contributed by atoms with E-state index in [1.165, 1.54) is 0 Å². The van der Waals surface area contributed by atoms with Crippen molar-refractivity contribution in [2.45, 2.75) is 13.2 Å². The average molecular weight is 229 g/mol. The first-order chi connectivity index (χ1) is 8.31. The van der Waals surface area contributed by atoms with E-state index in [1.54, 1.807) is 0 Å². The minimum absolute atomic E-state index is 0.0446. The second-order valence-corrected chi connectivity index (χ2v) is 3.76. The molecule has 17 heavy (non-hydrogen) atoms. The van der Waals surface area contributed by atoms with Crippen LogP contribution in [0.25, 0.3) is 0 Å². The minimum Gasteiger partial charge on any atom is -0.457 e. The van der Waals surface area contributed by atoms with Gasteiger partial charge < -0.3 is 15.6 Å². The minimum atomic E-state index is 0.0446. The van der Waals surface area contributed by atoms with Crippen molar-refractivity contribution in [2.24, 2.45) is 5.73 Å². The zero-order chi connectivity index (χ0) is 12.1. The fourth-order valence-corrected chi connectivity index (χ4v) is 1.53. The third-order valence-electron chi connectivity index (χ3n) is 2.48. The van der Waals surface area contributed by atoms with Crippen LogP contribution < -0.4 is 10.5 Å². The molecular weight excluding hydrogens is 214 g/mol. The molecule has 0 spiro atoms. The summed E-state index contributed by atoms with van der Waals surface area (Å²) in [5, 5.41) is 8.93. The molecule has 0 atom stereocenters. The Morgan fingerprint density at radius 1 is 0.941 bits per heavy atom. The SMILES string of the molecule is NCc1cccc(Oc2ccc(CO)cc2)c1. The maximum Gasteiger partial charge on any atom is 0.127 e. The Morgan fingerprint density at radius 3 is 2.35 bits per heavy atom. The number of hydrogen-bond acceptors (Lipinski definition) is 3. The highest BCUT2D eigenvalue weighted by Crippen LogP contribution is 2.22. The van der Waals surface area contributed by atoms with E-state index >= 15 is 0 Å². The molecule has 0 heterocycles. The summed E-state index contributed by atoms with van der Waals surface area (Å²) >= 11 is 0. The third kappa shape index (κ3) is 3.06. The predicted octanol–water partition coefficient (Wildman–Crippen LogP) is 2.43. The fraction of sp³-hybridized carbons (Fsp3) is 0.143. The van der Waals surface area contributed by atoms with E-state index in [1.807, 2.05) is 48.5 Å². The van der Waals surface area contributed by atoms with Gasteiger partial charge in [-0.2, -0.15) is 0 Å². The quantitative estimate of drug-likeness (QED) is 0.846. The van der Waals surface area contributed by atoms with E-state index in [2.05, 4.69) is 0 Å². The van der Waals surface area contributed by atoms with Crippen molar-refractivity contribution in [1.82, 2.24) is 0 Å². The number of nitrogens with two attached hydrogens (primary N) is 1. The molecule has 0 radical (unpaired) electrons. The molecule has 3 heteroatoms. The van der Waals surface area contributed by atoms with Crippen LogP contribution in [0.5, 0.6) is 11.5 Å². The van der Waals surface area contributed by atoms with Crippen molar-refractivity contribution < 1.29 is 9.84 Å². The van der Waals surface area contributed by atoms with Gasteiger partial charge in [-0.3, -0.25) is 0 Å². The van der Waals surface area contributed by atoms with Crippen LogP contribution in [0.15, 0.2) is 48.5 Å². The Balaban J connectivity index is 2.13. The molecule has 2 aromatic rings. The molecule has 88 valence electrons. The highest BCUT2D eigenvalue weighted by molar-refractivity contribution is 5.35. The maximum absolute atomic E-state index is 8.93. The van der Waals surface area contributed by atoms with Gasteiger partial charge in [-0.1, -0.05) is 24.3 Å². The van der Waals surface area contributed by atoms with E-state index in [0.717, 1.165) is 22.6 Å². The summed E-state index contributed by atoms with van der Waals surface area (Å²) in [6, 6.07) is 15.0. The molecule has 0 aliphatic rings. The lowest BCUT2D eigenvalue weighted by Crippen LogP contribution is -1.96. The van der Waals surface area contributed by atoms with E-state index in [-0.39, 0.29) is 6.61 Å². The Hall–Kier alpha value is -1.84. The molecule has 0 amide bonds. The third-order valence-corrected chi connectivity index (χ3v) is 2.48. The van der Waals surface area contributed by atoms with Gasteiger partial charge in [-0.15, -0.1) is 0 Å². The smallest absolute Gasteiger partial charge is 0.127 e. The summed E-state index contributed by atoms with van der Waals surface area (Å²) in [7, 11) is 0. The van der Waals surface area contributed by atoms with Crippen molar-refractivity contribution in [1.29, 1.82) is 0 Å². The monoisotopic (exact) mass is 229 g/mol. The number of benzene rings is 2. The molecule has 0 saturated heterocycles. The molecule has 2 rings (SSSR count). The highest BCUT2D eigenvalue weighted by Gasteiger charge is 1.98. The molecule has 0 fully saturated rings. The molecule has 2 aromatic carbocycles. The van der Waals surface area contributed by atoms with Gasteiger partial charge in [-0.25, -0.2) is 0 Å². The second-order valence-electron chi connectivity index (χ2n) is 3.76. The molecule has 0 saturated carbocycles. The molecule has 3 nitrogen and oxygen atoms in total. The van der Waals surface area contributed by atoms with Crippen LogP contribution in [-0.4, -0.2) is 5.11 Å². The highest BCUT2D eigenvalue weighted by atomic mass is 16.5. The molecular formula is C14H15NO2. The Kier molecular flexibility index (Phi) is 3.75. The first-order valence-electron chi connectivity index (χ1n) is 5.48. The van der Waals surface area contributed by atoms with Gasteiger partial charge in [-0.05, 0) is 35.4 Å². The van der Waals surface area contributed by atoms with Gasteiger partial charge in [0.1, 0.15) is 11.5 Å². The van der Waals surface area contributed by atoms with Crippen LogP contribution in [0, 0.1) is 0 Å². The summed E-state index contributed by atoms with van der Waals surface area (Å²) < 4.78 is 5.68. The van der Waals surface area contributed by atoms with Crippen molar-refractivity contribution in [3.8, 4) is 11.5 Å². The van der Waals surface area contributed by atoms with Crippen LogP contribution in [0.3, 0.4) is 0 Å². The molecule has 3 N–H and O–H groups in total. The predicted molar refractivity (Wildman–Crippen MR) is 66.8 cm³/mol. The van der Waals surface area contributed by atoms with Crippen molar-refractivity contribution in [3.05, 3.63) is 59.7 Å². The summed E-state index contributed by atoms with van der Waals surface area (Å²) in [6.45, 7) is 0.545. The number of rotatable bonds is 4.